The zero-order chi connectivity index (χ0) is 14.8. The number of benzene rings is 1. The van der Waals surface area contributed by atoms with E-state index in [0.29, 0.717) is 6.07 Å². The van der Waals surface area contributed by atoms with E-state index in [4.69, 9.17) is 0 Å². The van der Waals surface area contributed by atoms with Crippen LogP contribution in [0.3, 0.4) is 0 Å². The van der Waals surface area contributed by atoms with Gasteiger partial charge in [0, 0.05) is 16.5 Å². The second-order valence-electron chi connectivity index (χ2n) is 3.73. The molecule has 8 heteroatoms. The van der Waals surface area contributed by atoms with E-state index in [1.165, 1.54) is 0 Å². The summed E-state index contributed by atoms with van der Waals surface area (Å²) < 4.78 is 73.1. The maximum absolute atomic E-state index is 12.5. The highest BCUT2D eigenvalue weighted by Gasteiger charge is 2.34. The van der Waals surface area contributed by atoms with Crippen molar-refractivity contribution in [3.63, 3.8) is 0 Å². The van der Waals surface area contributed by atoms with Crippen molar-refractivity contribution in [1.29, 1.82) is 0 Å². The number of carbonyl (C=O) groups is 1. The summed E-state index contributed by atoms with van der Waals surface area (Å²) in [4.78, 5) is 11.4. The van der Waals surface area contributed by atoms with Crippen LogP contribution in [0.5, 0.6) is 0 Å². The first-order valence-corrected chi connectivity index (χ1v) is 5.77. The second-order valence-corrected chi connectivity index (χ2v) is 4.59. The number of hydrogen-bond donors (Lipinski definition) is 0. The van der Waals surface area contributed by atoms with E-state index in [2.05, 4.69) is 15.9 Å². The Balaban J connectivity index is 2.94. The van der Waals surface area contributed by atoms with Crippen LogP contribution in [0.15, 0.2) is 22.7 Å². The number of carbonyl (C=O) groups excluding carboxylic acids is 1. The minimum atomic E-state index is -4.68. The van der Waals surface area contributed by atoms with Crippen molar-refractivity contribution in [2.24, 2.45) is 0 Å². The van der Waals surface area contributed by atoms with Gasteiger partial charge in [0.1, 0.15) is 0 Å². The zero-order valence-corrected chi connectivity index (χ0v) is 10.8. The van der Waals surface area contributed by atoms with Crippen LogP contribution < -0.4 is 0 Å². The molecule has 0 aliphatic rings. The molecule has 1 nitrogen and oxygen atoms in total. The average Bonchev–Trinajstić information content (AvgIpc) is 2.24. The van der Waals surface area contributed by atoms with E-state index in [1.807, 2.05) is 0 Å². The fourth-order valence-electron chi connectivity index (χ4n) is 1.32. The Bertz CT molecular complexity index is 477. The smallest absolute Gasteiger partial charge is 0.294 e. The van der Waals surface area contributed by atoms with E-state index in [9.17, 15) is 31.1 Å². The summed E-state index contributed by atoms with van der Waals surface area (Å²) in [7, 11) is 0. The van der Waals surface area contributed by atoms with Crippen LogP contribution >= 0.6 is 15.9 Å². The number of rotatable bonds is 3. The first-order chi connectivity index (χ1) is 8.50. The van der Waals surface area contributed by atoms with Gasteiger partial charge in [0.05, 0.1) is 12.0 Å². The average molecular weight is 349 g/mol. The molecule has 0 atom stereocenters. The van der Waals surface area contributed by atoms with Crippen molar-refractivity contribution in [3.05, 3.63) is 33.8 Å². The van der Waals surface area contributed by atoms with Crippen molar-refractivity contribution in [3.8, 4) is 0 Å². The lowest BCUT2D eigenvalue weighted by molar-refractivity contribution is -0.138. The van der Waals surface area contributed by atoms with Gasteiger partial charge in [-0.15, -0.1) is 0 Å². The van der Waals surface area contributed by atoms with Gasteiger partial charge >= 0.3 is 12.4 Å². The molecule has 19 heavy (non-hydrogen) atoms. The van der Waals surface area contributed by atoms with Crippen LogP contribution in [0.2, 0.25) is 0 Å². The van der Waals surface area contributed by atoms with E-state index >= 15 is 0 Å². The van der Waals surface area contributed by atoms with Crippen molar-refractivity contribution in [2.45, 2.75) is 25.2 Å². The Hall–Kier alpha value is -1.05. The number of hydrogen-bond acceptors (Lipinski definition) is 1. The predicted molar refractivity (Wildman–Crippen MR) is 58.8 cm³/mol. The molecule has 0 spiro atoms. The summed E-state index contributed by atoms with van der Waals surface area (Å²) in [5.41, 5.74) is -1.48. The summed E-state index contributed by atoms with van der Waals surface area (Å²) in [5.74, 6) is -0.977. The Morgan fingerprint density at radius 3 is 2.16 bits per heavy atom. The van der Waals surface area contributed by atoms with Gasteiger partial charge < -0.3 is 0 Å². The number of halogens is 7. The lowest BCUT2D eigenvalue weighted by Gasteiger charge is -2.11. The van der Waals surface area contributed by atoms with Gasteiger partial charge in [0.2, 0.25) is 0 Å². The largest absolute Gasteiger partial charge is 0.417 e. The molecule has 0 heterocycles. The molecule has 1 aromatic rings. The Morgan fingerprint density at radius 1 is 1.11 bits per heavy atom. The molecule has 0 aliphatic carbocycles. The zero-order valence-electron chi connectivity index (χ0n) is 9.20. The van der Waals surface area contributed by atoms with E-state index in [-0.39, 0.29) is 10.0 Å². The molecule has 0 saturated heterocycles. The summed E-state index contributed by atoms with van der Waals surface area (Å²) in [6, 6.07) is 2.59. The summed E-state index contributed by atoms with van der Waals surface area (Å²) in [6.45, 7) is 0. The van der Waals surface area contributed by atoms with Crippen molar-refractivity contribution >= 4 is 21.7 Å². The van der Waals surface area contributed by atoms with E-state index in [1.54, 1.807) is 0 Å². The molecule has 0 fully saturated rings. The first kappa shape index (κ1) is 16.0. The van der Waals surface area contributed by atoms with Gasteiger partial charge in [0.15, 0.2) is 5.78 Å². The Kier molecular flexibility index (Phi) is 4.65. The Labute approximate surface area is 112 Å². The molecular formula is C11H7BrF6O. The molecule has 0 saturated carbocycles. The summed E-state index contributed by atoms with van der Waals surface area (Å²) in [6.07, 6.45) is -11.4. The number of ketones is 1. The number of Topliss-reactive ketones (excluding diaryl/α,β-unsaturated/α-hetero) is 1. The van der Waals surface area contributed by atoms with Crippen molar-refractivity contribution < 1.29 is 31.1 Å². The fourth-order valence-corrected chi connectivity index (χ4v) is 1.79. The third kappa shape index (κ3) is 4.85. The maximum Gasteiger partial charge on any atom is 0.417 e. The van der Waals surface area contributed by atoms with E-state index in [0.717, 1.165) is 12.1 Å². The fraction of sp³-hybridized carbons (Fsp3) is 0.364. The lowest BCUT2D eigenvalue weighted by atomic mass is 10.0. The second kappa shape index (κ2) is 5.52. The van der Waals surface area contributed by atoms with Crippen molar-refractivity contribution in [1.82, 2.24) is 0 Å². The molecule has 106 valence electrons. The standard InChI is InChI=1S/C11H7BrF6O/c12-8-2-1-6(5-7(8)11(16,17)18)9(19)3-4-10(13,14)15/h1-2,5H,3-4H2. The molecule has 0 amide bonds. The van der Waals surface area contributed by atoms with Crippen molar-refractivity contribution in [2.75, 3.05) is 0 Å². The number of alkyl halides is 6. The highest BCUT2D eigenvalue weighted by Crippen LogP contribution is 2.35. The summed E-state index contributed by atoms with van der Waals surface area (Å²) in [5, 5.41) is 0. The van der Waals surface area contributed by atoms with Gasteiger partial charge in [-0.3, -0.25) is 4.79 Å². The molecule has 0 unspecified atom stereocenters. The van der Waals surface area contributed by atoms with Gasteiger partial charge in [-0.05, 0) is 12.1 Å². The third-order valence-electron chi connectivity index (χ3n) is 2.23. The third-order valence-corrected chi connectivity index (χ3v) is 2.92. The van der Waals surface area contributed by atoms with Crippen LogP contribution in [0, 0.1) is 0 Å². The van der Waals surface area contributed by atoms with Crippen LogP contribution in [-0.4, -0.2) is 12.0 Å². The monoisotopic (exact) mass is 348 g/mol. The van der Waals surface area contributed by atoms with Gasteiger partial charge in [-0.1, -0.05) is 22.0 Å². The normalized spacial score (nSPS) is 12.6. The minimum Gasteiger partial charge on any atom is -0.294 e. The molecule has 0 aliphatic heterocycles. The van der Waals surface area contributed by atoms with Crippen LogP contribution in [0.1, 0.15) is 28.8 Å². The quantitative estimate of drug-likeness (QED) is 0.555. The molecular weight excluding hydrogens is 342 g/mol. The van der Waals surface area contributed by atoms with Gasteiger partial charge in [-0.25, -0.2) is 0 Å². The highest BCUT2D eigenvalue weighted by molar-refractivity contribution is 9.10. The molecule has 0 radical (unpaired) electrons. The highest BCUT2D eigenvalue weighted by atomic mass is 79.9. The topological polar surface area (TPSA) is 17.1 Å². The van der Waals surface area contributed by atoms with E-state index < -0.39 is 36.5 Å². The molecule has 1 rings (SSSR count). The van der Waals surface area contributed by atoms with Gasteiger partial charge in [0.25, 0.3) is 0 Å². The minimum absolute atomic E-state index is 0.271. The SMILES string of the molecule is O=C(CCC(F)(F)F)c1ccc(Br)c(C(F)(F)F)c1. The van der Waals surface area contributed by atoms with Crippen LogP contribution in [0.4, 0.5) is 26.3 Å². The Morgan fingerprint density at radius 2 is 1.68 bits per heavy atom. The molecule has 1 aromatic carbocycles. The lowest BCUT2D eigenvalue weighted by Crippen LogP contribution is -2.12. The molecule has 0 N–H and O–H groups in total. The predicted octanol–water partition coefficient (Wildman–Crippen LogP) is 4.99. The van der Waals surface area contributed by atoms with Crippen LogP contribution in [0.25, 0.3) is 0 Å². The van der Waals surface area contributed by atoms with Gasteiger partial charge in [-0.2, -0.15) is 26.3 Å². The summed E-state index contributed by atoms with van der Waals surface area (Å²) >= 11 is 2.67. The van der Waals surface area contributed by atoms with Crippen LogP contribution in [-0.2, 0) is 6.18 Å². The maximum atomic E-state index is 12.5. The molecule has 0 aromatic heterocycles. The first-order valence-electron chi connectivity index (χ1n) is 4.97. The molecule has 0 bridgehead atoms.